The van der Waals surface area contributed by atoms with Gasteiger partial charge >= 0.3 is 5.97 Å². The molecule has 0 aromatic heterocycles. The number of carbonyl (C=O) groups is 1. The first-order valence-electron chi connectivity index (χ1n) is 6.16. The van der Waals surface area contributed by atoms with Crippen LogP contribution in [-0.2, 0) is 9.53 Å². The molecule has 1 N–H and O–H groups in total. The van der Waals surface area contributed by atoms with E-state index in [2.05, 4.69) is 6.58 Å². The molecule has 4 aliphatic carbocycles. The molecule has 4 rings (SSSR count). The van der Waals surface area contributed by atoms with Gasteiger partial charge in [-0.25, -0.2) is 4.79 Å². The van der Waals surface area contributed by atoms with Crippen LogP contribution in [0.5, 0.6) is 0 Å². The third kappa shape index (κ3) is 1.41. The highest BCUT2D eigenvalue weighted by Gasteiger charge is 2.58. The Hall–Kier alpha value is -0.830. The van der Waals surface area contributed by atoms with Gasteiger partial charge in [-0.2, -0.15) is 0 Å². The summed E-state index contributed by atoms with van der Waals surface area (Å²) in [6, 6.07) is 0. The number of hydrogen-bond donors (Lipinski definition) is 1. The van der Waals surface area contributed by atoms with Crippen molar-refractivity contribution in [1.29, 1.82) is 0 Å². The molecule has 0 aromatic carbocycles. The van der Waals surface area contributed by atoms with E-state index in [9.17, 15) is 9.90 Å². The Bertz CT molecular complexity index is 322. The van der Waals surface area contributed by atoms with Crippen LogP contribution in [0, 0.1) is 17.8 Å². The molecule has 16 heavy (non-hydrogen) atoms. The topological polar surface area (TPSA) is 46.5 Å². The molecule has 3 unspecified atom stereocenters. The third-order valence-electron chi connectivity index (χ3n) is 4.59. The predicted octanol–water partition coefficient (Wildman–Crippen LogP) is 1.66. The molecule has 0 aliphatic heterocycles. The van der Waals surface area contributed by atoms with Crippen LogP contribution in [-0.4, -0.2) is 22.8 Å². The van der Waals surface area contributed by atoms with Crippen LogP contribution >= 0.6 is 0 Å². The lowest BCUT2D eigenvalue weighted by molar-refractivity contribution is -0.219. The molecule has 4 aliphatic rings. The van der Waals surface area contributed by atoms with Crippen molar-refractivity contribution in [3.8, 4) is 0 Å². The van der Waals surface area contributed by atoms with E-state index >= 15 is 0 Å². The Labute approximate surface area is 95.5 Å². The fraction of sp³-hybridized carbons (Fsp3) is 0.769. The van der Waals surface area contributed by atoms with Gasteiger partial charge in [0, 0.05) is 6.08 Å². The molecule has 0 saturated heterocycles. The number of ether oxygens (including phenoxy) is 1. The Balaban J connectivity index is 1.83. The average molecular weight is 222 g/mol. The number of esters is 1. The van der Waals surface area contributed by atoms with Crippen molar-refractivity contribution in [2.45, 2.75) is 43.8 Å². The van der Waals surface area contributed by atoms with E-state index < -0.39 is 11.6 Å². The third-order valence-corrected chi connectivity index (χ3v) is 4.59. The number of aliphatic hydroxyl groups is 1. The van der Waals surface area contributed by atoms with Crippen molar-refractivity contribution in [3.05, 3.63) is 12.7 Å². The smallest absolute Gasteiger partial charge is 0.330 e. The fourth-order valence-corrected chi connectivity index (χ4v) is 4.33. The minimum Gasteiger partial charge on any atom is -0.456 e. The summed E-state index contributed by atoms with van der Waals surface area (Å²) >= 11 is 0. The molecule has 3 nitrogen and oxygen atoms in total. The van der Waals surface area contributed by atoms with E-state index in [1.54, 1.807) is 0 Å². The van der Waals surface area contributed by atoms with Gasteiger partial charge < -0.3 is 9.84 Å². The number of carbonyl (C=O) groups excluding carboxylic acids is 1. The summed E-state index contributed by atoms with van der Waals surface area (Å²) < 4.78 is 5.37. The predicted molar refractivity (Wildman–Crippen MR) is 58.6 cm³/mol. The maximum absolute atomic E-state index is 11.3. The molecule has 4 saturated carbocycles. The minimum absolute atomic E-state index is 0.286. The van der Waals surface area contributed by atoms with Crippen molar-refractivity contribution in [2.24, 2.45) is 17.8 Å². The zero-order chi connectivity index (χ0) is 11.3. The normalized spacial score (nSPS) is 49.1. The highest BCUT2D eigenvalue weighted by molar-refractivity contribution is 5.81. The highest BCUT2D eigenvalue weighted by Crippen LogP contribution is 2.56. The maximum atomic E-state index is 11.3. The first kappa shape index (κ1) is 10.3. The molecular weight excluding hydrogens is 204 g/mol. The molecule has 0 aromatic rings. The largest absolute Gasteiger partial charge is 0.456 e. The summed E-state index contributed by atoms with van der Waals surface area (Å²) in [5.41, 5.74) is -0.743. The van der Waals surface area contributed by atoms with Gasteiger partial charge in [0.15, 0.2) is 0 Å². The van der Waals surface area contributed by atoms with E-state index in [0.717, 1.165) is 25.7 Å². The van der Waals surface area contributed by atoms with Crippen LogP contribution in [0.25, 0.3) is 0 Å². The molecule has 4 bridgehead atoms. The monoisotopic (exact) mass is 222 g/mol. The molecule has 0 radical (unpaired) electrons. The van der Waals surface area contributed by atoms with Gasteiger partial charge in [-0.05, 0) is 49.9 Å². The van der Waals surface area contributed by atoms with Gasteiger partial charge in [-0.3, -0.25) is 0 Å². The fourth-order valence-electron chi connectivity index (χ4n) is 4.33. The Morgan fingerprint density at radius 1 is 1.31 bits per heavy atom. The second-order valence-electron chi connectivity index (χ2n) is 5.77. The van der Waals surface area contributed by atoms with Gasteiger partial charge in [0.1, 0.15) is 11.7 Å². The minimum atomic E-state index is -0.743. The van der Waals surface area contributed by atoms with Gasteiger partial charge in [0.05, 0.1) is 0 Å². The molecule has 0 spiro atoms. The van der Waals surface area contributed by atoms with E-state index in [-0.39, 0.29) is 6.10 Å². The van der Waals surface area contributed by atoms with Crippen molar-refractivity contribution in [3.63, 3.8) is 0 Å². The number of hydrogen-bond acceptors (Lipinski definition) is 3. The molecule has 0 heterocycles. The van der Waals surface area contributed by atoms with Gasteiger partial charge in [-0.1, -0.05) is 6.58 Å². The van der Waals surface area contributed by atoms with Crippen LogP contribution in [0.15, 0.2) is 12.7 Å². The average Bonchev–Trinajstić information content (AvgIpc) is 2.21. The highest BCUT2D eigenvalue weighted by atomic mass is 16.6. The summed E-state index contributed by atoms with van der Waals surface area (Å²) in [6.07, 6.45) is 6.03. The summed E-state index contributed by atoms with van der Waals surface area (Å²) in [4.78, 5) is 11.3. The zero-order valence-electron chi connectivity index (χ0n) is 9.39. The zero-order valence-corrected chi connectivity index (χ0v) is 9.39. The Morgan fingerprint density at radius 2 is 1.94 bits per heavy atom. The first-order valence-corrected chi connectivity index (χ1v) is 6.16. The molecule has 0 amide bonds. The van der Waals surface area contributed by atoms with Crippen LogP contribution in [0.2, 0.25) is 0 Å². The lowest BCUT2D eigenvalue weighted by atomic mass is 9.53. The van der Waals surface area contributed by atoms with Crippen LogP contribution in [0.3, 0.4) is 0 Å². The van der Waals surface area contributed by atoms with Crippen molar-refractivity contribution in [2.75, 3.05) is 0 Å². The van der Waals surface area contributed by atoms with Crippen LogP contribution in [0.1, 0.15) is 32.1 Å². The SMILES string of the molecule is C=CC(=O)OC1C2C[C@@H]3C[C@H](C2)CC1(O)C3. The van der Waals surface area contributed by atoms with E-state index in [4.69, 9.17) is 4.74 Å². The molecule has 88 valence electrons. The summed E-state index contributed by atoms with van der Waals surface area (Å²) in [7, 11) is 0. The second kappa shape index (κ2) is 3.33. The van der Waals surface area contributed by atoms with E-state index in [0.29, 0.717) is 17.8 Å². The standard InChI is InChI=1S/C13H18O3/c1-2-11(14)16-12-10-4-8-3-9(5-10)7-13(12,15)6-8/h2,8-10,12,15H,1,3-7H2/t8-,9+,10?,12?,13?. The van der Waals surface area contributed by atoms with E-state index in [1.165, 1.54) is 12.5 Å². The lowest BCUT2D eigenvalue weighted by Gasteiger charge is -2.57. The van der Waals surface area contributed by atoms with Crippen LogP contribution < -0.4 is 0 Å². The van der Waals surface area contributed by atoms with Crippen molar-refractivity contribution < 1.29 is 14.6 Å². The van der Waals surface area contributed by atoms with Gasteiger partial charge in [-0.15, -0.1) is 0 Å². The molecule has 3 heteroatoms. The second-order valence-corrected chi connectivity index (χ2v) is 5.77. The molecular formula is C13H18O3. The number of rotatable bonds is 2. The van der Waals surface area contributed by atoms with E-state index in [1.807, 2.05) is 0 Å². The van der Waals surface area contributed by atoms with Crippen molar-refractivity contribution in [1.82, 2.24) is 0 Å². The quantitative estimate of drug-likeness (QED) is 0.571. The lowest BCUT2D eigenvalue weighted by Crippen LogP contribution is -2.61. The van der Waals surface area contributed by atoms with Gasteiger partial charge in [0.2, 0.25) is 0 Å². The molecule has 4 fully saturated rings. The summed E-state index contributed by atoms with van der Waals surface area (Å²) in [5, 5.41) is 10.6. The van der Waals surface area contributed by atoms with Gasteiger partial charge in [0.25, 0.3) is 0 Å². The molecule has 5 atom stereocenters. The first-order chi connectivity index (χ1) is 7.60. The summed E-state index contributed by atoms with van der Waals surface area (Å²) in [5.74, 6) is 1.29. The Morgan fingerprint density at radius 3 is 2.44 bits per heavy atom. The summed E-state index contributed by atoms with van der Waals surface area (Å²) in [6.45, 7) is 3.41. The van der Waals surface area contributed by atoms with Crippen molar-refractivity contribution >= 4 is 5.97 Å². The van der Waals surface area contributed by atoms with Crippen LogP contribution in [0.4, 0.5) is 0 Å². The Kier molecular flexibility index (Phi) is 2.15. The maximum Gasteiger partial charge on any atom is 0.330 e.